The van der Waals surface area contributed by atoms with E-state index in [0.717, 1.165) is 74.0 Å². The number of imidazole rings is 1. The van der Waals surface area contributed by atoms with Crippen molar-refractivity contribution in [1.82, 2.24) is 15.3 Å². The molecule has 6 atom stereocenters. The van der Waals surface area contributed by atoms with Crippen LogP contribution in [0.2, 0.25) is 0 Å². The molecule has 0 spiro atoms. The van der Waals surface area contributed by atoms with E-state index in [0.29, 0.717) is 24.7 Å². The maximum atomic E-state index is 12.4. The number of amides is 1. The molecule has 1 aromatic rings. The summed E-state index contributed by atoms with van der Waals surface area (Å²) in [5.74, 6) is 2.23. The summed E-state index contributed by atoms with van der Waals surface area (Å²) < 4.78 is 6.01. The van der Waals surface area contributed by atoms with Crippen LogP contribution in [0.1, 0.15) is 109 Å². The molecule has 4 fully saturated rings. The number of nitrogens with one attached hydrogen (secondary N) is 2. The molecule has 7 heteroatoms. The van der Waals surface area contributed by atoms with Gasteiger partial charge in [0.05, 0.1) is 17.6 Å². The number of aromatic amines is 1. The molecule has 1 amide bonds. The number of carbonyl (C=O) groups is 1. The molecule has 6 unspecified atom stereocenters. The van der Waals surface area contributed by atoms with Crippen LogP contribution in [0.25, 0.3) is 0 Å². The van der Waals surface area contributed by atoms with Gasteiger partial charge in [0, 0.05) is 25.4 Å². The molecular weight excluding hydrogens is 514 g/mol. The molecule has 1 aromatic heterocycles. The van der Waals surface area contributed by atoms with Gasteiger partial charge in [-0.15, -0.1) is 0 Å². The number of nitrogens with zero attached hydrogens (tertiary/aromatic N) is 1. The molecule has 4 aliphatic rings. The summed E-state index contributed by atoms with van der Waals surface area (Å²) in [5, 5.41) is 23.1. The summed E-state index contributed by atoms with van der Waals surface area (Å²) >= 11 is 0. The highest BCUT2D eigenvalue weighted by Crippen LogP contribution is 2.59. The lowest BCUT2D eigenvalue weighted by Gasteiger charge is -2.42. The van der Waals surface area contributed by atoms with Gasteiger partial charge in [-0.3, -0.25) is 0 Å². The van der Waals surface area contributed by atoms with Gasteiger partial charge in [-0.2, -0.15) is 0 Å². The molecule has 41 heavy (non-hydrogen) atoms. The third-order valence-electron chi connectivity index (χ3n) is 10.9. The van der Waals surface area contributed by atoms with Crippen molar-refractivity contribution in [2.75, 3.05) is 7.05 Å². The van der Waals surface area contributed by atoms with Crippen LogP contribution in [0.15, 0.2) is 41.6 Å². The van der Waals surface area contributed by atoms with E-state index in [1.807, 2.05) is 6.20 Å². The number of alkyl carbamates (subject to hydrolysis) is 1. The quantitative estimate of drug-likeness (QED) is 0.262. The van der Waals surface area contributed by atoms with Gasteiger partial charge in [0.15, 0.2) is 0 Å². The normalized spacial score (nSPS) is 33.5. The number of hydrogen-bond acceptors (Lipinski definition) is 5. The van der Waals surface area contributed by atoms with Crippen LogP contribution in [0.4, 0.5) is 4.79 Å². The maximum absolute atomic E-state index is 12.4. The van der Waals surface area contributed by atoms with Gasteiger partial charge in [-0.1, -0.05) is 44.6 Å². The third kappa shape index (κ3) is 6.22. The average molecular weight is 566 g/mol. The summed E-state index contributed by atoms with van der Waals surface area (Å²) in [6.07, 6.45) is 18.8. The van der Waals surface area contributed by atoms with E-state index in [1.54, 1.807) is 7.05 Å². The van der Waals surface area contributed by atoms with Crippen molar-refractivity contribution >= 4 is 6.09 Å². The van der Waals surface area contributed by atoms with E-state index >= 15 is 0 Å². The van der Waals surface area contributed by atoms with Gasteiger partial charge in [-0.25, -0.2) is 9.78 Å². The summed E-state index contributed by atoms with van der Waals surface area (Å²) in [7, 11) is 1.63. The Balaban J connectivity index is 1.24. The molecule has 7 nitrogen and oxygen atoms in total. The lowest BCUT2D eigenvalue weighted by Crippen LogP contribution is -2.36. The largest absolute Gasteiger partial charge is 0.445 e. The van der Waals surface area contributed by atoms with Crippen LogP contribution in [0.5, 0.6) is 0 Å². The van der Waals surface area contributed by atoms with Crippen molar-refractivity contribution in [3.05, 3.63) is 53.2 Å². The van der Waals surface area contributed by atoms with Crippen LogP contribution >= 0.6 is 0 Å². The topological polar surface area (TPSA) is 107 Å². The van der Waals surface area contributed by atoms with E-state index in [1.165, 1.54) is 31.3 Å². The van der Waals surface area contributed by atoms with E-state index in [-0.39, 0.29) is 23.0 Å². The van der Waals surface area contributed by atoms with Crippen LogP contribution < -0.4 is 5.32 Å². The number of hydrogen-bond donors (Lipinski definition) is 4. The first-order valence-corrected chi connectivity index (χ1v) is 16.1. The van der Waals surface area contributed by atoms with Gasteiger partial charge in [0.25, 0.3) is 0 Å². The SMILES string of the molecule is C=C1/C(=C\C=C2/CCCC3(C)C(CCCC(OC(=O)NC)C4(c5ncc(CCC)[nH]5)CC4)CCC23)CC(O)CC1O. The van der Waals surface area contributed by atoms with Crippen molar-refractivity contribution in [2.45, 2.75) is 127 Å². The molecule has 0 radical (unpaired) electrons. The Morgan fingerprint density at radius 2 is 2.10 bits per heavy atom. The minimum absolute atomic E-state index is 0.171. The molecular formula is C34H51N3O4. The zero-order chi connectivity index (χ0) is 29.2. The van der Waals surface area contributed by atoms with Gasteiger partial charge < -0.3 is 25.3 Å². The lowest BCUT2D eigenvalue weighted by molar-refractivity contribution is 0.0627. The second-order valence-corrected chi connectivity index (χ2v) is 13.5. The number of carbonyl (C=O) groups excluding carboxylic acids is 1. The molecule has 226 valence electrons. The van der Waals surface area contributed by atoms with Crippen molar-refractivity contribution in [2.24, 2.45) is 17.3 Å². The van der Waals surface area contributed by atoms with Crippen molar-refractivity contribution in [1.29, 1.82) is 0 Å². The van der Waals surface area contributed by atoms with Crippen LogP contribution in [-0.2, 0) is 16.6 Å². The smallest absolute Gasteiger partial charge is 0.407 e. The third-order valence-corrected chi connectivity index (χ3v) is 10.9. The first-order valence-electron chi connectivity index (χ1n) is 16.1. The number of rotatable bonds is 10. The number of allylic oxidation sites excluding steroid dienone is 3. The van der Waals surface area contributed by atoms with Crippen molar-refractivity contribution < 1.29 is 19.7 Å². The zero-order valence-corrected chi connectivity index (χ0v) is 25.4. The van der Waals surface area contributed by atoms with Crippen LogP contribution in [0, 0.1) is 17.3 Å². The highest BCUT2D eigenvalue weighted by molar-refractivity contribution is 5.67. The standard InChI is InChI=1S/C34H51N3O4/c1-5-8-26-21-36-31(37-26)34(17-18-34)30(41-32(40)35-4)11-6-10-25-14-15-28-23(9-7-16-33(25,28)3)12-13-24-19-27(38)20-29(39)22(24)2/h12-13,21,25,27-30,38-39H,2,5-11,14-20H2,1,3-4H3,(H,35,40)(H,36,37)/b23-12+,24-13-. The molecule has 0 aromatic carbocycles. The van der Waals surface area contributed by atoms with Crippen LogP contribution in [0.3, 0.4) is 0 Å². The van der Waals surface area contributed by atoms with E-state index in [9.17, 15) is 15.0 Å². The van der Waals surface area contributed by atoms with Gasteiger partial charge in [0.1, 0.15) is 11.9 Å². The van der Waals surface area contributed by atoms with E-state index < -0.39 is 12.2 Å². The average Bonchev–Trinajstić information content (AvgIpc) is 3.49. The Morgan fingerprint density at radius 1 is 1.29 bits per heavy atom. The van der Waals surface area contributed by atoms with Gasteiger partial charge >= 0.3 is 6.09 Å². The summed E-state index contributed by atoms with van der Waals surface area (Å²) in [6.45, 7) is 8.76. The van der Waals surface area contributed by atoms with Crippen LogP contribution in [-0.4, -0.2) is 51.6 Å². The molecule has 0 saturated heterocycles. The number of fused-ring (bicyclic) bond motifs is 1. The van der Waals surface area contributed by atoms with Crippen molar-refractivity contribution in [3.8, 4) is 0 Å². The number of aryl methyl sites for hydroxylation is 1. The number of aliphatic hydroxyl groups excluding tert-OH is 2. The Hall–Kier alpha value is -2.38. The highest BCUT2D eigenvalue weighted by atomic mass is 16.6. The fourth-order valence-electron chi connectivity index (χ4n) is 8.33. The Labute approximate surface area is 245 Å². The fourth-order valence-corrected chi connectivity index (χ4v) is 8.33. The van der Waals surface area contributed by atoms with E-state index in [4.69, 9.17) is 9.72 Å². The zero-order valence-electron chi connectivity index (χ0n) is 25.4. The maximum Gasteiger partial charge on any atom is 0.407 e. The number of H-pyrrole nitrogens is 1. The summed E-state index contributed by atoms with van der Waals surface area (Å²) in [6, 6.07) is 0. The van der Waals surface area contributed by atoms with Crippen molar-refractivity contribution in [3.63, 3.8) is 0 Å². The minimum atomic E-state index is -0.645. The highest BCUT2D eigenvalue weighted by Gasteiger charge is 2.55. The lowest BCUT2D eigenvalue weighted by atomic mass is 9.62. The first kappa shape index (κ1) is 30.1. The monoisotopic (exact) mass is 565 g/mol. The fraction of sp³-hybridized carbons (Fsp3) is 0.706. The molecule has 5 rings (SSSR count). The van der Waals surface area contributed by atoms with E-state index in [2.05, 4.69) is 42.9 Å². The predicted molar refractivity (Wildman–Crippen MR) is 161 cm³/mol. The molecule has 4 saturated carbocycles. The Morgan fingerprint density at radius 3 is 2.83 bits per heavy atom. The molecule has 4 N–H and O–H groups in total. The molecule has 0 bridgehead atoms. The first-order chi connectivity index (χ1) is 19.7. The predicted octanol–water partition coefficient (Wildman–Crippen LogP) is 6.43. The van der Waals surface area contributed by atoms with Gasteiger partial charge in [-0.05, 0) is 105 Å². The number of aromatic nitrogens is 2. The summed E-state index contributed by atoms with van der Waals surface area (Å²) in [4.78, 5) is 20.6. The molecule has 1 heterocycles. The molecule has 0 aliphatic heterocycles. The number of aliphatic hydroxyl groups is 2. The second kappa shape index (κ2) is 12.5. The molecule has 4 aliphatic carbocycles. The van der Waals surface area contributed by atoms with Gasteiger partial charge in [0.2, 0.25) is 0 Å². The Bertz CT molecular complexity index is 1160. The summed E-state index contributed by atoms with van der Waals surface area (Å²) in [5.41, 5.74) is 4.53. The Kier molecular flexibility index (Phi) is 9.15. The minimum Gasteiger partial charge on any atom is -0.445 e. The number of ether oxygens (including phenoxy) is 1. The second-order valence-electron chi connectivity index (χ2n) is 13.5.